The van der Waals surface area contributed by atoms with Gasteiger partial charge in [-0.2, -0.15) is 4.31 Å². The van der Waals surface area contributed by atoms with Gasteiger partial charge in [0.05, 0.1) is 11.4 Å². The van der Waals surface area contributed by atoms with Crippen molar-refractivity contribution < 1.29 is 8.42 Å². The fourth-order valence-corrected chi connectivity index (χ4v) is 5.27. The van der Waals surface area contributed by atoms with Crippen LogP contribution in [0.4, 0.5) is 0 Å². The van der Waals surface area contributed by atoms with Crippen molar-refractivity contribution in [1.82, 2.24) is 24.0 Å². The maximum atomic E-state index is 12.8. The van der Waals surface area contributed by atoms with Crippen molar-refractivity contribution in [1.29, 1.82) is 0 Å². The normalized spacial score (nSPS) is 19.6. The first-order valence-electron chi connectivity index (χ1n) is 9.74. The lowest BCUT2D eigenvalue weighted by Crippen LogP contribution is -2.48. The highest BCUT2D eigenvalue weighted by atomic mass is 32.2. The second-order valence-electron chi connectivity index (χ2n) is 7.49. The number of rotatable bonds is 4. The van der Waals surface area contributed by atoms with Gasteiger partial charge in [0, 0.05) is 39.1 Å². The summed E-state index contributed by atoms with van der Waals surface area (Å²) in [6.45, 7) is 6.15. The fourth-order valence-electron chi connectivity index (χ4n) is 3.85. The van der Waals surface area contributed by atoms with Crippen molar-refractivity contribution in [2.45, 2.75) is 50.6 Å². The van der Waals surface area contributed by atoms with Gasteiger partial charge in [-0.15, -0.1) is 10.2 Å². The molecule has 1 saturated heterocycles. The summed E-state index contributed by atoms with van der Waals surface area (Å²) in [6.07, 6.45) is 4.63. The number of aryl methyl sites for hydroxylation is 2. The molecule has 3 heterocycles. The van der Waals surface area contributed by atoms with E-state index in [1.807, 2.05) is 19.1 Å². The standard InChI is InChI=1S/C19H27N5O2S/c1-16-6-8-17(9-7-16)27(25,26)23-13-11-22(12-14-23)15-19-21-20-18-5-3-2-4-10-24(18)19/h6-9H,2-5,10-15H2,1H3. The predicted molar refractivity (Wildman–Crippen MR) is 103 cm³/mol. The van der Waals surface area contributed by atoms with Gasteiger partial charge in [-0.25, -0.2) is 8.42 Å². The first-order chi connectivity index (χ1) is 13.0. The molecular formula is C19H27N5O2S. The maximum absolute atomic E-state index is 12.8. The molecule has 8 heteroatoms. The first kappa shape index (κ1) is 18.6. The minimum atomic E-state index is -3.41. The van der Waals surface area contributed by atoms with Crippen molar-refractivity contribution in [3.05, 3.63) is 41.5 Å². The Morgan fingerprint density at radius 3 is 2.41 bits per heavy atom. The molecular weight excluding hydrogens is 362 g/mol. The summed E-state index contributed by atoms with van der Waals surface area (Å²) in [7, 11) is -3.41. The van der Waals surface area contributed by atoms with Gasteiger partial charge in [0.15, 0.2) is 0 Å². The van der Waals surface area contributed by atoms with E-state index >= 15 is 0 Å². The van der Waals surface area contributed by atoms with Gasteiger partial charge in [-0.05, 0) is 31.9 Å². The Kier molecular flexibility index (Phi) is 5.29. The second-order valence-corrected chi connectivity index (χ2v) is 9.43. The summed E-state index contributed by atoms with van der Waals surface area (Å²) in [6, 6.07) is 7.09. The van der Waals surface area contributed by atoms with Crippen molar-refractivity contribution in [2.24, 2.45) is 0 Å². The van der Waals surface area contributed by atoms with Crippen LogP contribution < -0.4 is 0 Å². The lowest BCUT2D eigenvalue weighted by Gasteiger charge is -2.33. The summed E-state index contributed by atoms with van der Waals surface area (Å²) < 4.78 is 29.5. The third kappa shape index (κ3) is 3.93. The average molecular weight is 390 g/mol. The molecule has 2 aromatic rings. The monoisotopic (exact) mass is 389 g/mol. The molecule has 27 heavy (non-hydrogen) atoms. The Balaban J connectivity index is 1.39. The van der Waals surface area contributed by atoms with Crippen molar-refractivity contribution >= 4 is 10.0 Å². The van der Waals surface area contributed by atoms with E-state index in [2.05, 4.69) is 19.7 Å². The zero-order chi connectivity index (χ0) is 18.9. The molecule has 4 rings (SSSR count). The number of benzene rings is 1. The Morgan fingerprint density at radius 2 is 1.67 bits per heavy atom. The smallest absolute Gasteiger partial charge is 0.243 e. The van der Waals surface area contributed by atoms with E-state index in [0.29, 0.717) is 31.1 Å². The van der Waals surface area contributed by atoms with E-state index in [9.17, 15) is 8.42 Å². The summed E-state index contributed by atoms with van der Waals surface area (Å²) in [5.74, 6) is 2.12. The lowest BCUT2D eigenvalue weighted by molar-refractivity contribution is 0.176. The number of hydrogen-bond donors (Lipinski definition) is 0. The highest BCUT2D eigenvalue weighted by Crippen LogP contribution is 2.20. The lowest BCUT2D eigenvalue weighted by atomic mass is 10.2. The maximum Gasteiger partial charge on any atom is 0.243 e. The molecule has 0 amide bonds. The molecule has 2 aliphatic rings. The average Bonchev–Trinajstić information content (AvgIpc) is 2.89. The van der Waals surface area contributed by atoms with Gasteiger partial charge in [0.1, 0.15) is 11.6 Å². The molecule has 1 aromatic carbocycles. The Bertz CT molecular complexity index is 883. The van der Waals surface area contributed by atoms with Crippen molar-refractivity contribution in [3.8, 4) is 0 Å². The van der Waals surface area contributed by atoms with Gasteiger partial charge in [-0.1, -0.05) is 24.1 Å². The first-order valence-corrected chi connectivity index (χ1v) is 11.2. The third-order valence-electron chi connectivity index (χ3n) is 5.54. The number of hydrogen-bond acceptors (Lipinski definition) is 5. The molecule has 0 unspecified atom stereocenters. The molecule has 1 fully saturated rings. The van der Waals surface area contributed by atoms with E-state index in [-0.39, 0.29) is 0 Å². The molecule has 7 nitrogen and oxygen atoms in total. The third-order valence-corrected chi connectivity index (χ3v) is 7.45. The number of nitrogens with zero attached hydrogens (tertiary/aromatic N) is 5. The summed E-state index contributed by atoms with van der Waals surface area (Å²) in [5.41, 5.74) is 1.06. The summed E-state index contributed by atoms with van der Waals surface area (Å²) in [4.78, 5) is 2.66. The van der Waals surface area contributed by atoms with Crippen LogP contribution in [0.3, 0.4) is 0 Å². The van der Waals surface area contributed by atoms with E-state index in [1.165, 1.54) is 19.3 Å². The van der Waals surface area contributed by atoms with Crippen LogP contribution in [0, 0.1) is 6.92 Å². The Hall–Kier alpha value is -1.77. The highest BCUT2D eigenvalue weighted by molar-refractivity contribution is 7.89. The second kappa shape index (κ2) is 7.69. The topological polar surface area (TPSA) is 71.3 Å². The molecule has 0 spiro atoms. The molecule has 0 aliphatic carbocycles. The van der Waals surface area contributed by atoms with Crippen molar-refractivity contribution in [3.63, 3.8) is 0 Å². The van der Waals surface area contributed by atoms with Gasteiger partial charge in [0.25, 0.3) is 0 Å². The van der Waals surface area contributed by atoms with Gasteiger partial charge >= 0.3 is 0 Å². The van der Waals surface area contributed by atoms with Crippen LogP contribution in [-0.2, 0) is 29.5 Å². The molecule has 0 radical (unpaired) electrons. The van der Waals surface area contributed by atoms with Crippen LogP contribution in [0.2, 0.25) is 0 Å². The minimum absolute atomic E-state index is 0.379. The zero-order valence-electron chi connectivity index (χ0n) is 15.8. The van der Waals surface area contributed by atoms with E-state index in [1.54, 1.807) is 16.4 Å². The minimum Gasteiger partial charge on any atom is -0.314 e. The Morgan fingerprint density at radius 1 is 0.926 bits per heavy atom. The number of aromatic nitrogens is 3. The van der Waals surface area contributed by atoms with Crippen LogP contribution in [-0.4, -0.2) is 58.6 Å². The predicted octanol–water partition coefficient (Wildman–Crippen LogP) is 1.82. The van der Waals surface area contributed by atoms with Crippen molar-refractivity contribution in [2.75, 3.05) is 26.2 Å². The van der Waals surface area contributed by atoms with Gasteiger partial charge in [-0.3, -0.25) is 4.90 Å². The van der Waals surface area contributed by atoms with Gasteiger partial charge in [0.2, 0.25) is 10.0 Å². The molecule has 1 aromatic heterocycles. The number of fused-ring (bicyclic) bond motifs is 1. The molecule has 2 aliphatic heterocycles. The number of sulfonamides is 1. The van der Waals surface area contributed by atoms with Crippen LogP contribution in [0.5, 0.6) is 0 Å². The molecule has 146 valence electrons. The van der Waals surface area contributed by atoms with Crippen LogP contribution in [0.15, 0.2) is 29.2 Å². The molecule has 0 bridgehead atoms. The molecule has 0 N–H and O–H groups in total. The Labute approximate surface area is 161 Å². The van der Waals surface area contributed by atoms with Crippen LogP contribution >= 0.6 is 0 Å². The molecule has 0 saturated carbocycles. The van der Waals surface area contributed by atoms with Gasteiger partial charge < -0.3 is 4.57 Å². The van der Waals surface area contributed by atoms with Crippen LogP contribution in [0.1, 0.15) is 36.5 Å². The zero-order valence-corrected chi connectivity index (χ0v) is 16.7. The fraction of sp³-hybridized carbons (Fsp3) is 0.579. The SMILES string of the molecule is Cc1ccc(S(=O)(=O)N2CCN(Cc3nnc4n3CCCCC4)CC2)cc1. The molecule has 0 atom stereocenters. The van der Waals surface area contributed by atoms with E-state index in [4.69, 9.17) is 0 Å². The van der Waals surface area contributed by atoms with Crippen LogP contribution in [0.25, 0.3) is 0 Å². The summed E-state index contributed by atoms with van der Waals surface area (Å²) in [5, 5.41) is 8.76. The highest BCUT2D eigenvalue weighted by Gasteiger charge is 2.29. The number of piperazine rings is 1. The largest absolute Gasteiger partial charge is 0.314 e. The van der Waals surface area contributed by atoms with E-state index in [0.717, 1.165) is 36.7 Å². The summed E-state index contributed by atoms with van der Waals surface area (Å²) >= 11 is 0. The quantitative estimate of drug-likeness (QED) is 0.798. The van der Waals surface area contributed by atoms with E-state index < -0.39 is 10.0 Å².